The molecule has 3 aromatic carbocycles. The van der Waals surface area contributed by atoms with Crippen LogP contribution >= 0.6 is 0 Å². The molecule has 0 aliphatic heterocycles. The van der Waals surface area contributed by atoms with Gasteiger partial charge in [-0.1, -0.05) is 65.9 Å². The van der Waals surface area contributed by atoms with E-state index in [9.17, 15) is 4.79 Å². The quantitative estimate of drug-likeness (QED) is 0.673. The first-order valence-corrected chi connectivity index (χ1v) is 8.70. The van der Waals surface area contributed by atoms with Gasteiger partial charge in [0.1, 0.15) is 12.4 Å². The smallest absolute Gasteiger partial charge is 0.307 e. The van der Waals surface area contributed by atoms with E-state index in [1.165, 1.54) is 5.56 Å². The fourth-order valence-electron chi connectivity index (χ4n) is 2.67. The van der Waals surface area contributed by atoms with Crippen LogP contribution in [0.2, 0.25) is 0 Å². The molecule has 0 aliphatic rings. The summed E-state index contributed by atoms with van der Waals surface area (Å²) in [6.45, 7) is 2.37. The number of rotatable bonds is 5. The number of carbonyl (C=O) groups is 1. The van der Waals surface area contributed by atoms with E-state index < -0.39 is 5.97 Å². The van der Waals surface area contributed by atoms with Crippen molar-refractivity contribution in [1.82, 2.24) is 0 Å². The van der Waals surface area contributed by atoms with Crippen LogP contribution in [0.25, 0.3) is 11.1 Å². The van der Waals surface area contributed by atoms with Crippen LogP contribution in [-0.2, 0) is 11.2 Å². The summed E-state index contributed by atoms with van der Waals surface area (Å²) in [5, 5.41) is 8.92. The van der Waals surface area contributed by atoms with E-state index in [0.717, 1.165) is 28.0 Å². The van der Waals surface area contributed by atoms with Crippen LogP contribution in [-0.4, -0.2) is 17.7 Å². The molecular formula is C24H20O3. The van der Waals surface area contributed by atoms with Crippen LogP contribution in [0.1, 0.15) is 16.7 Å². The number of carboxylic acid groups (broad SMARTS) is 1. The van der Waals surface area contributed by atoms with E-state index >= 15 is 0 Å². The van der Waals surface area contributed by atoms with Gasteiger partial charge in [0.25, 0.3) is 0 Å². The maximum Gasteiger partial charge on any atom is 0.307 e. The monoisotopic (exact) mass is 356 g/mol. The third kappa shape index (κ3) is 5.49. The van der Waals surface area contributed by atoms with Crippen LogP contribution < -0.4 is 4.74 Å². The Morgan fingerprint density at radius 2 is 1.70 bits per heavy atom. The van der Waals surface area contributed by atoms with Crippen LogP contribution in [0.3, 0.4) is 0 Å². The van der Waals surface area contributed by atoms with Crippen LogP contribution in [0, 0.1) is 18.8 Å². The van der Waals surface area contributed by atoms with Crippen molar-refractivity contribution >= 4 is 5.97 Å². The zero-order valence-electron chi connectivity index (χ0n) is 15.1. The molecule has 3 rings (SSSR count). The van der Waals surface area contributed by atoms with Gasteiger partial charge >= 0.3 is 5.97 Å². The molecule has 134 valence electrons. The van der Waals surface area contributed by atoms with Gasteiger partial charge in [0.05, 0.1) is 6.42 Å². The molecule has 0 heterocycles. The first-order valence-electron chi connectivity index (χ1n) is 8.70. The van der Waals surface area contributed by atoms with Gasteiger partial charge in [0.15, 0.2) is 0 Å². The third-order valence-electron chi connectivity index (χ3n) is 4.07. The highest BCUT2D eigenvalue weighted by molar-refractivity contribution is 5.72. The number of hydrogen-bond donors (Lipinski definition) is 1. The Kier molecular flexibility index (Phi) is 5.91. The maximum atomic E-state index is 10.9. The van der Waals surface area contributed by atoms with Crippen molar-refractivity contribution in [2.24, 2.45) is 0 Å². The van der Waals surface area contributed by atoms with Crippen LogP contribution in [0.15, 0.2) is 72.8 Å². The molecule has 1 N–H and O–H groups in total. The molecular weight excluding hydrogens is 336 g/mol. The standard InChI is InChI=1S/C24H20O3/c1-18-7-9-19(10-8-18)5-3-15-27-23-13-11-21(12-14-23)22-6-2-4-20(16-22)17-24(25)26/h2,4,6-14,16H,15,17H2,1H3,(H,25,26). The molecule has 0 amide bonds. The Morgan fingerprint density at radius 3 is 2.41 bits per heavy atom. The van der Waals surface area contributed by atoms with Gasteiger partial charge in [0, 0.05) is 5.56 Å². The van der Waals surface area contributed by atoms with Crippen LogP contribution in [0.5, 0.6) is 5.75 Å². The highest BCUT2D eigenvalue weighted by Gasteiger charge is 2.03. The number of ether oxygens (including phenoxy) is 1. The maximum absolute atomic E-state index is 10.9. The van der Waals surface area contributed by atoms with Gasteiger partial charge in [-0.25, -0.2) is 0 Å². The zero-order valence-corrected chi connectivity index (χ0v) is 15.1. The molecule has 0 atom stereocenters. The Bertz CT molecular complexity index is 975. The molecule has 0 fully saturated rings. The molecule has 0 saturated carbocycles. The van der Waals surface area contributed by atoms with Crippen molar-refractivity contribution in [3.05, 3.63) is 89.5 Å². The first-order chi connectivity index (χ1) is 13.1. The molecule has 3 aromatic rings. The Balaban J connectivity index is 1.61. The molecule has 0 saturated heterocycles. The van der Waals surface area contributed by atoms with E-state index in [4.69, 9.17) is 9.84 Å². The van der Waals surface area contributed by atoms with Gasteiger partial charge in [-0.05, 0) is 47.9 Å². The highest BCUT2D eigenvalue weighted by atomic mass is 16.5. The van der Waals surface area contributed by atoms with E-state index in [0.29, 0.717) is 6.61 Å². The van der Waals surface area contributed by atoms with E-state index in [1.54, 1.807) is 0 Å². The predicted octanol–water partition coefficient (Wildman–Crippen LogP) is 4.72. The Labute approximate surface area is 159 Å². The number of benzene rings is 3. The summed E-state index contributed by atoms with van der Waals surface area (Å²) in [5.41, 5.74) is 4.97. The molecule has 3 heteroatoms. The molecule has 0 radical (unpaired) electrons. The van der Waals surface area contributed by atoms with Crippen molar-refractivity contribution in [2.75, 3.05) is 6.61 Å². The lowest BCUT2D eigenvalue weighted by atomic mass is 10.0. The molecule has 0 bridgehead atoms. The number of hydrogen-bond acceptors (Lipinski definition) is 2. The third-order valence-corrected chi connectivity index (χ3v) is 4.07. The highest BCUT2D eigenvalue weighted by Crippen LogP contribution is 2.23. The minimum Gasteiger partial charge on any atom is -0.481 e. The SMILES string of the molecule is Cc1ccc(C#CCOc2ccc(-c3cccc(CC(=O)O)c3)cc2)cc1. The summed E-state index contributed by atoms with van der Waals surface area (Å²) in [4.78, 5) is 10.9. The Morgan fingerprint density at radius 1 is 0.963 bits per heavy atom. The van der Waals surface area contributed by atoms with Crippen molar-refractivity contribution in [2.45, 2.75) is 13.3 Å². The van der Waals surface area contributed by atoms with Crippen molar-refractivity contribution in [3.63, 3.8) is 0 Å². The summed E-state index contributed by atoms with van der Waals surface area (Å²) in [5.74, 6) is 6.01. The van der Waals surface area contributed by atoms with Crippen molar-refractivity contribution in [3.8, 4) is 28.7 Å². The average Bonchev–Trinajstić information content (AvgIpc) is 2.67. The lowest BCUT2D eigenvalue weighted by molar-refractivity contribution is -0.136. The summed E-state index contributed by atoms with van der Waals surface area (Å²) in [6, 6.07) is 23.3. The van der Waals surface area contributed by atoms with Crippen molar-refractivity contribution < 1.29 is 14.6 Å². The average molecular weight is 356 g/mol. The Hall–Kier alpha value is -3.51. The summed E-state index contributed by atoms with van der Waals surface area (Å²) in [7, 11) is 0. The van der Waals surface area contributed by atoms with Gasteiger partial charge in [-0.15, -0.1) is 0 Å². The van der Waals surface area contributed by atoms with E-state index in [1.807, 2.05) is 79.7 Å². The topological polar surface area (TPSA) is 46.5 Å². The van der Waals surface area contributed by atoms with E-state index in [-0.39, 0.29) is 6.42 Å². The molecule has 0 aromatic heterocycles. The van der Waals surface area contributed by atoms with Crippen molar-refractivity contribution in [1.29, 1.82) is 0 Å². The number of aryl methyl sites for hydroxylation is 1. The summed E-state index contributed by atoms with van der Waals surface area (Å²) < 4.78 is 5.67. The van der Waals surface area contributed by atoms with Gasteiger partial charge < -0.3 is 9.84 Å². The first kappa shape index (κ1) is 18.3. The lowest BCUT2D eigenvalue weighted by Gasteiger charge is -2.06. The lowest BCUT2D eigenvalue weighted by Crippen LogP contribution is -1.99. The summed E-state index contributed by atoms with van der Waals surface area (Å²) in [6.07, 6.45) is 0.0225. The summed E-state index contributed by atoms with van der Waals surface area (Å²) >= 11 is 0. The number of carboxylic acids is 1. The second kappa shape index (κ2) is 8.73. The molecule has 27 heavy (non-hydrogen) atoms. The number of aliphatic carboxylic acids is 1. The second-order valence-corrected chi connectivity index (χ2v) is 6.25. The van der Waals surface area contributed by atoms with Crippen LogP contribution in [0.4, 0.5) is 0 Å². The van der Waals surface area contributed by atoms with E-state index in [2.05, 4.69) is 11.8 Å². The molecule has 0 unspecified atom stereocenters. The van der Waals surface area contributed by atoms with Gasteiger partial charge in [0.2, 0.25) is 0 Å². The van der Waals surface area contributed by atoms with Gasteiger partial charge in [-0.2, -0.15) is 0 Å². The van der Waals surface area contributed by atoms with Gasteiger partial charge in [-0.3, -0.25) is 4.79 Å². The minimum absolute atomic E-state index is 0.0225. The zero-order chi connectivity index (χ0) is 19.1. The predicted molar refractivity (Wildman–Crippen MR) is 107 cm³/mol. The normalized spacial score (nSPS) is 9.96. The second-order valence-electron chi connectivity index (χ2n) is 6.25. The molecule has 3 nitrogen and oxygen atoms in total. The largest absolute Gasteiger partial charge is 0.481 e. The molecule has 0 aliphatic carbocycles. The fraction of sp³-hybridized carbons (Fsp3) is 0.125. The fourth-order valence-corrected chi connectivity index (χ4v) is 2.67. The molecule has 0 spiro atoms. The minimum atomic E-state index is -0.831.